The zero-order valence-corrected chi connectivity index (χ0v) is 15.7. The molecule has 4 rings (SSSR count). The van der Waals surface area contributed by atoms with E-state index in [2.05, 4.69) is 64.7 Å². The van der Waals surface area contributed by atoms with Crippen molar-refractivity contribution in [2.75, 3.05) is 31.2 Å². The first-order valence-electron chi connectivity index (χ1n) is 8.39. The monoisotopic (exact) mass is 368 g/mol. The Morgan fingerprint density at radius 2 is 2.12 bits per heavy atom. The van der Waals surface area contributed by atoms with Gasteiger partial charge >= 0.3 is 0 Å². The molecule has 6 heteroatoms. The van der Waals surface area contributed by atoms with E-state index >= 15 is 0 Å². The van der Waals surface area contributed by atoms with Crippen LogP contribution < -0.4 is 5.32 Å². The minimum absolute atomic E-state index is 0.870. The smallest absolute Gasteiger partial charge is 0.183 e. The van der Waals surface area contributed by atoms with Crippen LogP contribution in [-0.4, -0.2) is 40.9 Å². The summed E-state index contributed by atoms with van der Waals surface area (Å²) in [6.45, 7) is 1.95. The summed E-state index contributed by atoms with van der Waals surface area (Å²) in [5.74, 6) is 1.13. The molecular weight excluding hydrogens is 348 g/mol. The molecule has 1 aliphatic heterocycles. The number of aromatic nitrogens is 1. The summed E-state index contributed by atoms with van der Waals surface area (Å²) in [6, 6.07) is 16.7. The second-order valence-electron chi connectivity index (χ2n) is 6.00. The molecular formula is C19H20N4S2. The Kier molecular flexibility index (Phi) is 4.90. The number of nitrogens with zero attached hydrogens (tertiary/aromatic N) is 3. The molecule has 128 valence electrons. The van der Waals surface area contributed by atoms with Gasteiger partial charge in [0.1, 0.15) is 0 Å². The maximum absolute atomic E-state index is 4.77. The van der Waals surface area contributed by atoms with Crippen LogP contribution >= 0.6 is 23.1 Å². The lowest BCUT2D eigenvalue weighted by molar-refractivity contribution is 0.563. The number of hydrogen-bond acceptors (Lipinski definition) is 5. The number of anilines is 1. The largest absolute Gasteiger partial charge is 0.361 e. The lowest BCUT2D eigenvalue weighted by Gasteiger charge is -2.10. The van der Waals surface area contributed by atoms with E-state index in [9.17, 15) is 0 Å². The summed E-state index contributed by atoms with van der Waals surface area (Å²) in [6.07, 6.45) is 0.956. The SMILES string of the molecule is CN1CCSC1=Nc1cccc(CCNc2nc3ccccc3s2)c1. The molecule has 2 heterocycles. The Bertz CT molecular complexity index is 870. The summed E-state index contributed by atoms with van der Waals surface area (Å²) in [5.41, 5.74) is 3.39. The molecule has 3 aromatic rings. The number of nitrogens with one attached hydrogen (secondary N) is 1. The number of hydrogen-bond donors (Lipinski definition) is 1. The van der Waals surface area contributed by atoms with Gasteiger partial charge < -0.3 is 10.2 Å². The van der Waals surface area contributed by atoms with Gasteiger partial charge in [0, 0.05) is 25.9 Å². The van der Waals surface area contributed by atoms with Crippen LogP contribution in [0.1, 0.15) is 5.56 Å². The van der Waals surface area contributed by atoms with Gasteiger partial charge in [-0.15, -0.1) is 0 Å². The Labute approximate surface area is 156 Å². The Morgan fingerprint density at radius 1 is 1.20 bits per heavy atom. The molecule has 1 aromatic heterocycles. The van der Waals surface area contributed by atoms with Gasteiger partial charge in [-0.25, -0.2) is 9.98 Å². The first kappa shape index (κ1) is 16.4. The number of fused-ring (bicyclic) bond motifs is 1. The maximum atomic E-state index is 4.77. The van der Waals surface area contributed by atoms with Crippen LogP contribution in [0.3, 0.4) is 0 Å². The highest BCUT2D eigenvalue weighted by molar-refractivity contribution is 8.14. The molecule has 0 bridgehead atoms. The topological polar surface area (TPSA) is 40.5 Å². The number of thiazole rings is 1. The number of benzene rings is 2. The third kappa shape index (κ3) is 3.96. The summed E-state index contributed by atoms with van der Waals surface area (Å²) in [7, 11) is 2.10. The fourth-order valence-electron chi connectivity index (χ4n) is 2.75. The average Bonchev–Trinajstić information content (AvgIpc) is 3.21. The molecule has 0 aliphatic carbocycles. The first-order chi connectivity index (χ1) is 12.3. The fourth-order valence-corrected chi connectivity index (χ4v) is 4.67. The van der Waals surface area contributed by atoms with E-state index in [1.54, 1.807) is 11.3 Å². The van der Waals surface area contributed by atoms with Crippen molar-refractivity contribution in [2.24, 2.45) is 4.99 Å². The Hall–Kier alpha value is -2.05. The Balaban J connectivity index is 1.38. The van der Waals surface area contributed by atoms with Crippen LogP contribution in [0.2, 0.25) is 0 Å². The van der Waals surface area contributed by atoms with Gasteiger partial charge in [0.15, 0.2) is 10.3 Å². The van der Waals surface area contributed by atoms with E-state index in [1.807, 2.05) is 17.8 Å². The van der Waals surface area contributed by atoms with Crippen molar-refractivity contribution in [1.29, 1.82) is 0 Å². The normalized spacial score (nSPS) is 16.0. The van der Waals surface area contributed by atoms with Gasteiger partial charge in [0.25, 0.3) is 0 Å². The zero-order chi connectivity index (χ0) is 17.1. The van der Waals surface area contributed by atoms with E-state index in [1.165, 1.54) is 10.3 Å². The summed E-state index contributed by atoms with van der Waals surface area (Å²) in [5, 5.41) is 5.54. The van der Waals surface area contributed by atoms with E-state index in [-0.39, 0.29) is 0 Å². The van der Waals surface area contributed by atoms with Gasteiger partial charge in [0.05, 0.1) is 15.9 Å². The van der Waals surface area contributed by atoms with Crippen LogP contribution in [0.4, 0.5) is 10.8 Å². The number of para-hydroxylation sites is 1. The Morgan fingerprint density at radius 3 is 2.96 bits per heavy atom. The minimum Gasteiger partial charge on any atom is -0.361 e. The quantitative estimate of drug-likeness (QED) is 0.713. The zero-order valence-electron chi connectivity index (χ0n) is 14.1. The van der Waals surface area contributed by atoms with Crippen molar-refractivity contribution in [3.8, 4) is 0 Å². The predicted octanol–water partition coefficient (Wildman–Crippen LogP) is 4.62. The maximum Gasteiger partial charge on any atom is 0.183 e. The molecule has 4 nitrogen and oxygen atoms in total. The van der Waals surface area contributed by atoms with Crippen molar-refractivity contribution < 1.29 is 0 Å². The standard InChI is InChI=1S/C19H20N4S2/c1-23-11-12-24-19(23)21-15-6-4-5-14(13-15)9-10-20-18-22-16-7-2-3-8-17(16)25-18/h2-8,13H,9-12H2,1H3,(H,20,22). The second-order valence-corrected chi connectivity index (χ2v) is 8.09. The van der Waals surface area contributed by atoms with Crippen molar-refractivity contribution in [3.63, 3.8) is 0 Å². The molecule has 0 amide bonds. The van der Waals surface area contributed by atoms with Gasteiger partial charge in [-0.3, -0.25) is 0 Å². The second kappa shape index (κ2) is 7.45. The summed E-state index contributed by atoms with van der Waals surface area (Å²) in [4.78, 5) is 11.6. The number of rotatable bonds is 5. The summed E-state index contributed by atoms with van der Waals surface area (Å²) < 4.78 is 1.22. The van der Waals surface area contributed by atoms with Crippen LogP contribution in [0, 0.1) is 0 Å². The van der Waals surface area contributed by atoms with Crippen molar-refractivity contribution >= 4 is 49.3 Å². The predicted molar refractivity (Wildman–Crippen MR) is 110 cm³/mol. The molecule has 1 N–H and O–H groups in total. The van der Waals surface area contributed by atoms with Gasteiger partial charge in [-0.05, 0) is 36.2 Å². The lowest BCUT2D eigenvalue weighted by Crippen LogP contribution is -2.17. The summed E-state index contributed by atoms with van der Waals surface area (Å²) >= 11 is 3.53. The number of thioether (sulfide) groups is 1. The van der Waals surface area contributed by atoms with Gasteiger partial charge in [-0.1, -0.05) is 47.4 Å². The van der Waals surface area contributed by atoms with Crippen LogP contribution in [-0.2, 0) is 6.42 Å². The molecule has 25 heavy (non-hydrogen) atoms. The minimum atomic E-state index is 0.870. The highest BCUT2D eigenvalue weighted by atomic mass is 32.2. The van der Waals surface area contributed by atoms with Gasteiger partial charge in [-0.2, -0.15) is 0 Å². The van der Waals surface area contributed by atoms with Crippen molar-refractivity contribution in [3.05, 3.63) is 54.1 Å². The average molecular weight is 369 g/mol. The van der Waals surface area contributed by atoms with Crippen molar-refractivity contribution in [2.45, 2.75) is 6.42 Å². The molecule has 0 saturated carbocycles. The van der Waals surface area contributed by atoms with Gasteiger partial charge in [0.2, 0.25) is 0 Å². The molecule has 1 saturated heterocycles. The molecule has 1 aliphatic rings. The molecule has 0 unspecified atom stereocenters. The van der Waals surface area contributed by atoms with E-state index in [4.69, 9.17) is 4.99 Å². The van der Waals surface area contributed by atoms with Crippen molar-refractivity contribution in [1.82, 2.24) is 9.88 Å². The molecule has 0 atom stereocenters. The number of amidine groups is 1. The lowest BCUT2D eigenvalue weighted by atomic mass is 10.1. The highest BCUT2D eigenvalue weighted by Gasteiger charge is 2.14. The van der Waals surface area contributed by atoms with Crippen LogP contribution in [0.15, 0.2) is 53.5 Å². The van der Waals surface area contributed by atoms with E-state index in [0.29, 0.717) is 0 Å². The number of aliphatic imine (C=N–C) groups is 1. The third-order valence-electron chi connectivity index (χ3n) is 4.10. The molecule has 0 radical (unpaired) electrons. The highest BCUT2D eigenvalue weighted by Crippen LogP contribution is 2.25. The van der Waals surface area contributed by atoms with Crippen LogP contribution in [0.25, 0.3) is 10.2 Å². The first-order valence-corrected chi connectivity index (χ1v) is 10.2. The molecule has 1 fully saturated rings. The molecule has 2 aromatic carbocycles. The van der Waals surface area contributed by atoms with Crippen LogP contribution in [0.5, 0.6) is 0 Å². The fraction of sp³-hybridized carbons (Fsp3) is 0.263. The third-order valence-corrected chi connectivity index (χ3v) is 6.15. The van der Waals surface area contributed by atoms with E-state index in [0.717, 1.165) is 46.8 Å². The molecule has 0 spiro atoms. The van der Waals surface area contributed by atoms with E-state index < -0.39 is 0 Å².